The first-order valence-corrected chi connectivity index (χ1v) is 8.12. The fraction of sp³-hybridized carbons (Fsp3) is 0.316. The molecule has 0 aliphatic carbocycles. The second-order valence-corrected chi connectivity index (χ2v) is 6.50. The number of carbonyl (C=O) groups excluding carboxylic acids is 1. The van der Waals surface area contributed by atoms with Gasteiger partial charge in [-0.05, 0) is 36.6 Å². The predicted octanol–water partition coefficient (Wildman–Crippen LogP) is 2.81. The normalized spacial score (nSPS) is 18.6. The molecule has 2 aromatic carbocycles. The Hall–Kier alpha value is -2.53. The summed E-state index contributed by atoms with van der Waals surface area (Å²) < 4.78 is 5.51. The van der Waals surface area contributed by atoms with Gasteiger partial charge in [-0.25, -0.2) is 0 Å². The van der Waals surface area contributed by atoms with Gasteiger partial charge in [-0.1, -0.05) is 18.2 Å². The van der Waals surface area contributed by atoms with E-state index in [1.807, 2.05) is 18.2 Å². The van der Waals surface area contributed by atoms with Crippen molar-refractivity contribution >= 4 is 11.6 Å². The number of benzene rings is 2. The number of ether oxygens (including phenoxy) is 1. The highest BCUT2D eigenvalue weighted by atomic mass is 16.5. The van der Waals surface area contributed by atoms with Crippen molar-refractivity contribution in [3.63, 3.8) is 0 Å². The minimum atomic E-state index is -0.247. The van der Waals surface area contributed by atoms with Crippen LogP contribution in [0.1, 0.15) is 28.8 Å². The van der Waals surface area contributed by atoms with Crippen LogP contribution in [0.4, 0.5) is 5.69 Å². The van der Waals surface area contributed by atoms with Gasteiger partial charge in [0.15, 0.2) is 0 Å². The number of para-hydroxylation sites is 1. The molecule has 0 aromatic heterocycles. The Labute approximate surface area is 140 Å². The van der Waals surface area contributed by atoms with E-state index in [4.69, 9.17) is 4.74 Å². The fourth-order valence-corrected chi connectivity index (χ4v) is 3.85. The van der Waals surface area contributed by atoms with Crippen molar-refractivity contribution in [2.75, 3.05) is 24.7 Å². The lowest BCUT2D eigenvalue weighted by atomic mass is 9.76. The van der Waals surface area contributed by atoms with Crippen LogP contribution in [-0.4, -0.2) is 35.9 Å². The number of fused-ring (bicyclic) bond motifs is 2. The molecule has 5 nitrogen and oxygen atoms in total. The molecular weight excluding hydrogens is 306 g/mol. The highest BCUT2D eigenvalue weighted by Gasteiger charge is 2.45. The van der Waals surface area contributed by atoms with E-state index in [0.717, 1.165) is 18.5 Å². The molecule has 1 saturated heterocycles. The first-order chi connectivity index (χ1) is 11.6. The van der Waals surface area contributed by atoms with Gasteiger partial charge in [-0.2, -0.15) is 0 Å². The van der Waals surface area contributed by atoms with Gasteiger partial charge in [-0.3, -0.25) is 4.79 Å². The number of hydrogen-bond donors (Lipinski definition) is 2. The molecular formula is C19H19NO4. The van der Waals surface area contributed by atoms with E-state index < -0.39 is 0 Å². The summed E-state index contributed by atoms with van der Waals surface area (Å²) in [5.41, 5.74) is 2.21. The lowest BCUT2D eigenvalue weighted by Gasteiger charge is -2.34. The molecule has 2 N–H and O–H groups in total. The lowest BCUT2D eigenvalue weighted by Crippen LogP contribution is -2.40. The highest BCUT2D eigenvalue weighted by molar-refractivity contribution is 6.09. The van der Waals surface area contributed by atoms with Crippen molar-refractivity contribution in [2.24, 2.45) is 0 Å². The third kappa shape index (κ3) is 2.24. The van der Waals surface area contributed by atoms with Crippen molar-refractivity contribution in [1.29, 1.82) is 0 Å². The van der Waals surface area contributed by atoms with Gasteiger partial charge in [0.1, 0.15) is 11.5 Å². The summed E-state index contributed by atoms with van der Waals surface area (Å²) in [5.74, 6) is -0.513. The smallest absolute Gasteiger partial charge is 0.262 e. The molecule has 2 aromatic rings. The standard InChI is InChI=1S/C19H19NO4/c21-13-5-6-14(17(22)11-13)18(23)20-12-19(7-9-24-10-8-19)15-3-1-2-4-16(15)20/h1-6,11,21-22H,7-10,12H2. The number of phenolic OH excluding ortho intramolecular Hbond substituents is 2. The van der Waals surface area contributed by atoms with E-state index in [9.17, 15) is 15.0 Å². The van der Waals surface area contributed by atoms with Crippen LogP contribution in [-0.2, 0) is 10.2 Å². The topological polar surface area (TPSA) is 70.0 Å². The maximum atomic E-state index is 13.0. The number of nitrogens with zero attached hydrogens (tertiary/aromatic N) is 1. The van der Waals surface area contributed by atoms with Crippen LogP contribution in [0.5, 0.6) is 11.5 Å². The molecule has 1 fully saturated rings. The van der Waals surface area contributed by atoms with Gasteiger partial charge >= 0.3 is 0 Å². The number of rotatable bonds is 1. The SMILES string of the molecule is O=C(c1ccc(O)cc1O)N1CC2(CCOCC2)c2ccccc21. The van der Waals surface area contributed by atoms with E-state index in [1.165, 1.54) is 23.8 Å². The summed E-state index contributed by atoms with van der Waals surface area (Å²) in [7, 11) is 0. The second kappa shape index (κ2) is 5.53. The molecule has 5 heteroatoms. The van der Waals surface area contributed by atoms with Crippen molar-refractivity contribution in [3.8, 4) is 11.5 Å². The Morgan fingerprint density at radius 2 is 1.83 bits per heavy atom. The molecule has 0 atom stereocenters. The molecule has 0 radical (unpaired) electrons. The Morgan fingerprint density at radius 1 is 1.08 bits per heavy atom. The van der Waals surface area contributed by atoms with Crippen molar-refractivity contribution in [1.82, 2.24) is 0 Å². The average Bonchev–Trinajstić information content (AvgIpc) is 2.90. The van der Waals surface area contributed by atoms with Crippen LogP contribution >= 0.6 is 0 Å². The first-order valence-electron chi connectivity index (χ1n) is 8.12. The van der Waals surface area contributed by atoms with Crippen LogP contribution in [0.15, 0.2) is 42.5 Å². The molecule has 1 amide bonds. The first kappa shape index (κ1) is 15.0. The van der Waals surface area contributed by atoms with Gasteiger partial charge in [0, 0.05) is 36.9 Å². The maximum Gasteiger partial charge on any atom is 0.262 e. The number of aromatic hydroxyl groups is 2. The monoisotopic (exact) mass is 325 g/mol. The quantitative estimate of drug-likeness (QED) is 0.846. The maximum absolute atomic E-state index is 13.0. The Morgan fingerprint density at radius 3 is 2.58 bits per heavy atom. The molecule has 1 spiro atoms. The Balaban J connectivity index is 1.75. The molecule has 24 heavy (non-hydrogen) atoms. The molecule has 2 aliphatic heterocycles. The van der Waals surface area contributed by atoms with Gasteiger partial charge < -0.3 is 19.8 Å². The zero-order valence-electron chi connectivity index (χ0n) is 13.2. The minimum Gasteiger partial charge on any atom is -0.508 e. The van der Waals surface area contributed by atoms with Gasteiger partial charge in [0.05, 0.1) is 5.56 Å². The molecule has 124 valence electrons. The zero-order valence-corrected chi connectivity index (χ0v) is 13.2. The molecule has 0 unspecified atom stereocenters. The van der Waals surface area contributed by atoms with E-state index in [2.05, 4.69) is 6.07 Å². The zero-order chi connectivity index (χ0) is 16.7. The number of hydrogen-bond acceptors (Lipinski definition) is 4. The van der Waals surface area contributed by atoms with Crippen molar-refractivity contribution in [3.05, 3.63) is 53.6 Å². The molecule has 0 bridgehead atoms. The van der Waals surface area contributed by atoms with E-state index in [-0.39, 0.29) is 28.4 Å². The highest BCUT2D eigenvalue weighted by Crippen LogP contribution is 2.47. The van der Waals surface area contributed by atoms with Crippen LogP contribution in [0.25, 0.3) is 0 Å². The summed E-state index contributed by atoms with van der Waals surface area (Å²) in [6, 6.07) is 12.0. The Bertz CT molecular complexity index is 796. The number of carbonyl (C=O) groups is 1. The third-order valence-corrected chi connectivity index (χ3v) is 5.13. The van der Waals surface area contributed by atoms with E-state index in [0.29, 0.717) is 19.8 Å². The molecule has 4 rings (SSSR count). The molecule has 0 saturated carbocycles. The lowest BCUT2D eigenvalue weighted by molar-refractivity contribution is 0.0547. The van der Waals surface area contributed by atoms with Crippen molar-refractivity contribution in [2.45, 2.75) is 18.3 Å². The number of amides is 1. The van der Waals surface area contributed by atoms with Gasteiger partial charge in [0.25, 0.3) is 5.91 Å². The van der Waals surface area contributed by atoms with Gasteiger partial charge in [-0.15, -0.1) is 0 Å². The average molecular weight is 325 g/mol. The van der Waals surface area contributed by atoms with E-state index in [1.54, 1.807) is 4.90 Å². The summed E-state index contributed by atoms with van der Waals surface area (Å²) in [6.07, 6.45) is 1.77. The summed E-state index contributed by atoms with van der Waals surface area (Å²) in [6.45, 7) is 1.98. The van der Waals surface area contributed by atoms with Crippen LogP contribution < -0.4 is 4.90 Å². The third-order valence-electron chi connectivity index (χ3n) is 5.13. The minimum absolute atomic E-state index is 0.0632. The predicted molar refractivity (Wildman–Crippen MR) is 89.6 cm³/mol. The summed E-state index contributed by atoms with van der Waals surface area (Å²) >= 11 is 0. The van der Waals surface area contributed by atoms with Gasteiger partial charge in [0.2, 0.25) is 0 Å². The largest absolute Gasteiger partial charge is 0.508 e. The Kier molecular flexibility index (Phi) is 3.46. The molecule has 2 aliphatic rings. The number of anilines is 1. The fourth-order valence-electron chi connectivity index (χ4n) is 3.85. The molecule has 2 heterocycles. The van der Waals surface area contributed by atoms with Crippen LogP contribution in [0, 0.1) is 0 Å². The second-order valence-electron chi connectivity index (χ2n) is 6.50. The number of phenols is 2. The summed E-state index contributed by atoms with van der Waals surface area (Å²) in [5, 5.41) is 19.5. The summed E-state index contributed by atoms with van der Waals surface area (Å²) in [4.78, 5) is 14.8. The van der Waals surface area contributed by atoms with Crippen molar-refractivity contribution < 1.29 is 19.7 Å². The van der Waals surface area contributed by atoms with Crippen LogP contribution in [0.3, 0.4) is 0 Å². The van der Waals surface area contributed by atoms with E-state index >= 15 is 0 Å². The van der Waals surface area contributed by atoms with Crippen LogP contribution in [0.2, 0.25) is 0 Å².